The van der Waals surface area contributed by atoms with Gasteiger partial charge < -0.3 is 4.90 Å². The minimum Gasteiger partial charge on any atom is -0.311 e. The van der Waals surface area contributed by atoms with Crippen molar-refractivity contribution in [3.8, 4) is 44.5 Å². The Balaban J connectivity index is 1.20. The van der Waals surface area contributed by atoms with Crippen molar-refractivity contribution >= 4 is 34.7 Å². The SMILES string of the molecule is CB1c2cc3c(cc2N(c2cc(-c4ccccc4)ccc2C)c2cc(C)cc(-c4ccc(-c5ccccc5)cc4Cc4ccc(-c5ccccc5)cc4)c21)C(C)(C)CCC3(C)C. The average molecular weight is 802 g/mol. The first-order valence-electron chi connectivity index (χ1n) is 22.6. The Kier molecular flexibility index (Phi) is 9.94. The van der Waals surface area contributed by atoms with E-state index >= 15 is 0 Å². The van der Waals surface area contributed by atoms with Crippen LogP contribution in [0.4, 0.5) is 17.1 Å². The Morgan fingerprint density at radius 3 is 1.60 bits per heavy atom. The molecule has 8 aromatic rings. The lowest BCUT2D eigenvalue weighted by Gasteiger charge is -2.45. The van der Waals surface area contributed by atoms with Gasteiger partial charge in [-0.3, -0.25) is 0 Å². The van der Waals surface area contributed by atoms with Gasteiger partial charge in [0.05, 0.1) is 0 Å². The summed E-state index contributed by atoms with van der Waals surface area (Å²) < 4.78 is 0. The maximum Gasteiger partial charge on any atom is 0.212 e. The lowest BCUT2D eigenvalue weighted by atomic mass is 9.38. The van der Waals surface area contributed by atoms with Crippen LogP contribution in [0.3, 0.4) is 0 Å². The lowest BCUT2D eigenvalue weighted by Crippen LogP contribution is -2.50. The van der Waals surface area contributed by atoms with Crippen molar-refractivity contribution < 1.29 is 0 Å². The molecule has 1 nitrogen and oxygen atoms in total. The third-order valence-corrected chi connectivity index (χ3v) is 14.2. The van der Waals surface area contributed by atoms with E-state index in [4.69, 9.17) is 0 Å². The molecule has 0 N–H and O–H groups in total. The highest BCUT2D eigenvalue weighted by atomic mass is 15.2. The maximum atomic E-state index is 2.64. The number of rotatable bonds is 7. The molecule has 0 spiro atoms. The summed E-state index contributed by atoms with van der Waals surface area (Å²) in [5.74, 6) is 0. The van der Waals surface area contributed by atoms with Gasteiger partial charge in [-0.1, -0.05) is 198 Å². The molecule has 0 aromatic heterocycles. The summed E-state index contributed by atoms with van der Waals surface area (Å²) in [6.07, 6.45) is 3.20. The molecule has 2 aliphatic rings. The number of hydrogen-bond donors (Lipinski definition) is 0. The number of anilines is 3. The monoisotopic (exact) mass is 801 g/mol. The first-order valence-corrected chi connectivity index (χ1v) is 22.6. The molecule has 1 aliphatic carbocycles. The van der Waals surface area contributed by atoms with Crippen molar-refractivity contribution in [2.24, 2.45) is 0 Å². The molecule has 0 saturated carbocycles. The topological polar surface area (TPSA) is 3.24 Å². The Bertz CT molecular complexity index is 2940. The molecule has 304 valence electrons. The molecular weight excluding hydrogens is 745 g/mol. The lowest BCUT2D eigenvalue weighted by molar-refractivity contribution is 0.332. The fourth-order valence-electron chi connectivity index (χ4n) is 10.5. The zero-order valence-corrected chi connectivity index (χ0v) is 37.4. The Hall–Kier alpha value is -6.38. The van der Waals surface area contributed by atoms with Crippen LogP contribution >= 0.6 is 0 Å². The Morgan fingerprint density at radius 2 is 0.984 bits per heavy atom. The second-order valence-corrected chi connectivity index (χ2v) is 19.4. The van der Waals surface area contributed by atoms with E-state index in [9.17, 15) is 0 Å². The van der Waals surface area contributed by atoms with Crippen LogP contribution in [0.2, 0.25) is 6.82 Å². The first kappa shape index (κ1) is 39.7. The second kappa shape index (κ2) is 15.5. The fourth-order valence-corrected chi connectivity index (χ4v) is 10.5. The molecule has 0 fully saturated rings. The fraction of sp³-hybridized carbons (Fsp3) is 0.200. The summed E-state index contributed by atoms with van der Waals surface area (Å²) in [6, 6.07) is 66.0. The highest BCUT2D eigenvalue weighted by Gasteiger charge is 2.42. The predicted molar refractivity (Wildman–Crippen MR) is 268 cm³/mol. The van der Waals surface area contributed by atoms with Gasteiger partial charge in [-0.2, -0.15) is 0 Å². The summed E-state index contributed by atoms with van der Waals surface area (Å²) in [6.45, 7) is 17.0. The van der Waals surface area contributed by atoms with Gasteiger partial charge in [0.15, 0.2) is 0 Å². The molecular formula is C60H56BN. The summed E-state index contributed by atoms with van der Waals surface area (Å²) >= 11 is 0. The molecule has 8 aromatic carbocycles. The van der Waals surface area contributed by atoms with E-state index in [-0.39, 0.29) is 17.5 Å². The maximum absolute atomic E-state index is 2.64. The van der Waals surface area contributed by atoms with Gasteiger partial charge in [0.25, 0.3) is 0 Å². The Morgan fingerprint density at radius 1 is 0.468 bits per heavy atom. The zero-order valence-electron chi connectivity index (χ0n) is 37.4. The summed E-state index contributed by atoms with van der Waals surface area (Å²) in [5, 5.41) is 0. The second-order valence-electron chi connectivity index (χ2n) is 19.4. The van der Waals surface area contributed by atoms with E-state index in [1.807, 2.05) is 0 Å². The van der Waals surface area contributed by atoms with Crippen LogP contribution < -0.4 is 15.8 Å². The molecule has 0 unspecified atom stereocenters. The highest BCUT2D eigenvalue weighted by Crippen LogP contribution is 2.50. The third kappa shape index (κ3) is 7.10. The van der Waals surface area contributed by atoms with Crippen molar-refractivity contribution in [2.45, 2.75) is 78.5 Å². The van der Waals surface area contributed by atoms with Crippen LogP contribution in [-0.2, 0) is 17.3 Å². The van der Waals surface area contributed by atoms with Crippen molar-refractivity contribution in [3.05, 3.63) is 209 Å². The highest BCUT2D eigenvalue weighted by molar-refractivity contribution is 6.88. The normalized spacial score (nSPS) is 14.8. The van der Waals surface area contributed by atoms with Crippen LogP contribution in [-0.4, -0.2) is 6.71 Å². The molecule has 0 atom stereocenters. The van der Waals surface area contributed by atoms with Gasteiger partial charge in [0, 0.05) is 17.1 Å². The van der Waals surface area contributed by atoms with Crippen molar-refractivity contribution in [3.63, 3.8) is 0 Å². The van der Waals surface area contributed by atoms with Crippen LogP contribution in [0.15, 0.2) is 176 Å². The molecule has 2 heteroatoms. The van der Waals surface area contributed by atoms with Crippen molar-refractivity contribution in [1.29, 1.82) is 0 Å². The van der Waals surface area contributed by atoms with Crippen LogP contribution in [0.5, 0.6) is 0 Å². The van der Waals surface area contributed by atoms with Crippen molar-refractivity contribution in [1.82, 2.24) is 0 Å². The molecule has 62 heavy (non-hydrogen) atoms. The van der Waals surface area contributed by atoms with Crippen LogP contribution in [0, 0.1) is 13.8 Å². The number of benzene rings is 8. The van der Waals surface area contributed by atoms with Gasteiger partial charge in [0.2, 0.25) is 6.71 Å². The van der Waals surface area contributed by atoms with E-state index in [0.717, 1.165) is 6.42 Å². The number of hydrogen-bond acceptors (Lipinski definition) is 1. The van der Waals surface area contributed by atoms with E-state index in [1.165, 1.54) is 119 Å². The predicted octanol–water partition coefficient (Wildman–Crippen LogP) is 14.9. The van der Waals surface area contributed by atoms with E-state index in [2.05, 4.69) is 229 Å². The molecule has 0 saturated heterocycles. The molecule has 0 radical (unpaired) electrons. The molecule has 1 aliphatic heterocycles. The largest absolute Gasteiger partial charge is 0.311 e. The quantitative estimate of drug-likeness (QED) is 0.145. The van der Waals surface area contributed by atoms with Gasteiger partial charge in [0.1, 0.15) is 0 Å². The van der Waals surface area contributed by atoms with E-state index in [1.54, 1.807) is 0 Å². The zero-order chi connectivity index (χ0) is 42.8. The summed E-state index contributed by atoms with van der Waals surface area (Å²) in [5.41, 5.74) is 25.1. The van der Waals surface area contributed by atoms with Gasteiger partial charge in [-0.15, -0.1) is 0 Å². The van der Waals surface area contributed by atoms with E-state index < -0.39 is 0 Å². The Labute approximate surface area is 370 Å². The van der Waals surface area contributed by atoms with Crippen LogP contribution in [0.25, 0.3) is 44.5 Å². The van der Waals surface area contributed by atoms with Crippen LogP contribution in [0.1, 0.15) is 73.9 Å². The standard InChI is InChI=1S/C60H56BN/c1-40-33-51(50-30-29-47(44-19-13-9-14-20-44)36-49(50)35-42-24-27-46(28-25-42)43-17-11-8-12-18-43)58-57(34-40)62(55-37-48(26-23-41(55)2)45-21-15-10-16-22-45)56-39-53-52(38-54(56)61(58)7)59(3,4)31-32-60(53,5)6/h8-30,33-34,36-39H,31-32,35H2,1-7H3. The summed E-state index contributed by atoms with van der Waals surface area (Å²) in [4.78, 5) is 2.64. The molecule has 10 rings (SSSR count). The minimum absolute atomic E-state index is 0.0858. The number of fused-ring (bicyclic) bond motifs is 3. The third-order valence-electron chi connectivity index (χ3n) is 14.2. The summed E-state index contributed by atoms with van der Waals surface area (Å²) in [7, 11) is 0. The van der Waals surface area contributed by atoms with Gasteiger partial charge in [-0.05, 0) is 145 Å². The van der Waals surface area contributed by atoms with Gasteiger partial charge >= 0.3 is 0 Å². The number of aryl methyl sites for hydroxylation is 2. The number of nitrogens with zero attached hydrogens (tertiary/aromatic N) is 1. The minimum atomic E-state index is 0.0858. The van der Waals surface area contributed by atoms with E-state index in [0.29, 0.717) is 0 Å². The van der Waals surface area contributed by atoms with Gasteiger partial charge in [-0.25, -0.2) is 0 Å². The molecule has 0 bridgehead atoms. The molecule has 1 heterocycles. The smallest absolute Gasteiger partial charge is 0.212 e. The van der Waals surface area contributed by atoms with Crippen molar-refractivity contribution in [2.75, 3.05) is 4.90 Å². The average Bonchev–Trinajstić information content (AvgIpc) is 3.29. The first-order chi connectivity index (χ1) is 29.9. The molecule has 0 amide bonds.